The van der Waals surface area contributed by atoms with Crippen LogP contribution in [0.3, 0.4) is 0 Å². The first kappa shape index (κ1) is 29.7. The van der Waals surface area contributed by atoms with Gasteiger partial charge >= 0.3 is 5.97 Å². The van der Waals surface area contributed by atoms with Crippen LogP contribution in [0.5, 0.6) is 0 Å². The number of ether oxygens (including phenoxy) is 1. The molecule has 1 aliphatic carbocycles. The normalized spacial score (nSPS) is 25.5. The Kier molecular flexibility index (Phi) is 7.61. The average molecular weight is 693 g/mol. The largest absolute Gasteiger partial charge is 0.511 e. The number of methoxy groups -OCH3 is 1. The minimum Gasteiger partial charge on any atom is -0.511 e. The lowest BCUT2D eigenvalue weighted by molar-refractivity contribution is -0.140. The Morgan fingerprint density at radius 2 is 1.84 bits per heavy atom. The van der Waals surface area contributed by atoms with E-state index in [1.165, 1.54) is 7.11 Å². The van der Waals surface area contributed by atoms with Crippen molar-refractivity contribution in [3.63, 3.8) is 0 Å². The molecule has 0 aromatic carbocycles. The van der Waals surface area contributed by atoms with Crippen molar-refractivity contribution in [3.8, 4) is 0 Å². The Morgan fingerprint density at radius 1 is 1.09 bits per heavy atom. The third-order valence-electron chi connectivity index (χ3n) is 9.48. The second kappa shape index (κ2) is 11.0. The van der Waals surface area contributed by atoms with E-state index in [9.17, 15) is 15.0 Å². The number of aliphatic hydroxyl groups excluding tert-OH is 2. The van der Waals surface area contributed by atoms with Crippen LogP contribution in [0, 0.1) is 11.8 Å². The van der Waals surface area contributed by atoms with Crippen molar-refractivity contribution in [2.75, 3.05) is 7.11 Å². The van der Waals surface area contributed by atoms with Crippen molar-refractivity contribution < 1.29 is 19.7 Å². The van der Waals surface area contributed by atoms with Crippen LogP contribution in [0.2, 0.25) is 0 Å². The summed E-state index contributed by atoms with van der Waals surface area (Å²) in [6, 6.07) is 0. The van der Waals surface area contributed by atoms with Gasteiger partial charge in [0.15, 0.2) is 0 Å². The molecule has 8 bridgehead atoms. The van der Waals surface area contributed by atoms with Crippen molar-refractivity contribution in [2.45, 2.75) is 73.3 Å². The highest BCUT2D eigenvalue weighted by Gasteiger charge is 2.42. The smallest absolute Gasteiger partial charge is 0.305 e. The molecule has 224 valence electrons. The van der Waals surface area contributed by atoms with Crippen LogP contribution in [-0.2, 0) is 9.53 Å². The Balaban J connectivity index is 1.63. The number of allylic oxidation sites excluding steroid dienone is 11. The molecule has 1 saturated heterocycles. The molecule has 6 rings (SSSR count). The van der Waals surface area contributed by atoms with E-state index in [1.807, 2.05) is 26.0 Å². The lowest BCUT2D eigenvalue weighted by Crippen LogP contribution is -2.16. The van der Waals surface area contributed by atoms with Gasteiger partial charge in [-0.1, -0.05) is 13.8 Å². The lowest BCUT2D eigenvalue weighted by Gasteiger charge is -2.17. The number of carbonyl (C=O) groups excluding carboxylic acids is 1. The number of hydrogen-bond acceptors (Lipinski definition) is 8. The fourth-order valence-electron chi connectivity index (χ4n) is 7.12. The molecular weight excluding hydrogens is 655 g/mol. The summed E-state index contributed by atoms with van der Waals surface area (Å²) in [5, 5.41) is 25.9. The number of carbonyl (C=O) groups is 1. The van der Waals surface area contributed by atoms with Gasteiger partial charge in [0.25, 0.3) is 0 Å². The summed E-state index contributed by atoms with van der Waals surface area (Å²) < 4.78 is 5.95. The number of nitrogens with one attached hydrogen (secondary N) is 1. The highest BCUT2D eigenvalue weighted by Crippen LogP contribution is 2.48. The van der Waals surface area contributed by atoms with Gasteiger partial charge in [-0.2, -0.15) is 0 Å². The zero-order chi connectivity index (χ0) is 30.9. The zero-order valence-corrected chi connectivity index (χ0v) is 27.8. The second-order valence-corrected chi connectivity index (χ2v) is 13.0. The summed E-state index contributed by atoms with van der Waals surface area (Å²) in [7, 11) is 1.41. The standard InChI is InChI=1S/C34H37IN4O4/c1-8-19-14(2)22-13-25-28(18(6)40)17(5)32(38-25)30(35)31-15(3)20(9-10-27(42)43-7)33(39-31)21-11-26(41)29-16(4)23(37-34(21)29)12-24(19)36-22/h12-13,15,18,20,39-41H,8-11H2,1-7H3/t15-,18?,20-/m0/s1. The fourth-order valence-corrected chi connectivity index (χ4v) is 8.27. The number of fused-ring (bicyclic) bond motifs is 5. The fraction of sp³-hybridized carbons (Fsp3) is 0.412. The van der Waals surface area contributed by atoms with Crippen molar-refractivity contribution in [1.29, 1.82) is 0 Å². The Labute approximate surface area is 266 Å². The molecule has 0 aromatic heterocycles. The van der Waals surface area contributed by atoms with Crippen molar-refractivity contribution >= 4 is 45.7 Å². The summed E-state index contributed by atoms with van der Waals surface area (Å²) in [4.78, 5) is 27.5. The Morgan fingerprint density at radius 3 is 2.51 bits per heavy atom. The van der Waals surface area contributed by atoms with E-state index in [1.54, 1.807) is 6.92 Å². The van der Waals surface area contributed by atoms with Crippen LogP contribution in [0.4, 0.5) is 0 Å². The molecule has 6 aliphatic rings. The van der Waals surface area contributed by atoms with Gasteiger partial charge in [-0.25, -0.2) is 15.0 Å². The SMILES string of the molecule is CCC1=C(C)C2=NC1=CC1=C(C)C3=C(O)CC(=C4NC(=C(I)C5=NC(=C2)C(C(C)O)=C5C)[C@@H](C)[C@@H]4CCC(=O)OC)C3=N1. The number of rotatable bonds is 5. The number of aliphatic imine (C=N–C) groups is 3. The second-order valence-electron chi connectivity index (χ2n) is 11.9. The zero-order valence-electron chi connectivity index (χ0n) is 25.6. The number of esters is 1. The number of aliphatic hydroxyl groups is 2. The third kappa shape index (κ3) is 4.66. The van der Waals surface area contributed by atoms with Crippen LogP contribution in [-0.4, -0.2) is 46.5 Å². The van der Waals surface area contributed by atoms with Gasteiger partial charge in [0.05, 0.1) is 51.0 Å². The molecule has 5 heterocycles. The molecule has 5 aliphatic heterocycles. The maximum atomic E-state index is 12.2. The van der Waals surface area contributed by atoms with Crippen LogP contribution in [0.15, 0.2) is 104 Å². The molecule has 1 unspecified atom stereocenters. The van der Waals surface area contributed by atoms with E-state index in [-0.39, 0.29) is 24.2 Å². The lowest BCUT2D eigenvalue weighted by atomic mass is 9.86. The van der Waals surface area contributed by atoms with Gasteiger partial charge in [0, 0.05) is 52.8 Å². The molecule has 9 heteroatoms. The minimum atomic E-state index is -0.708. The summed E-state index contributed by atoms with van der Waals surface area (Å²) in [6.07, 6.45) is 5.36. The van der Waals surface area contributed by atoms with E-state index < -0.39 is 6.10 Å². The molecule has 8 nitrogen and oxygen atoms in total. The molecule has 0 spiro atoms. The molecule has 0 amide bonds. The molecule has 3 atom stereocenters. The van der Waals surface area contributed by atoms with E-state index in [0.29, 0.717) is 18.6 Å². The molecule has 0 radical (unpaired) electrons. The van der Waals surface area contributed by atoms with Gasteiger partial charge in [0.1, 0.15) is 5.76 Å². The highest BCUT2D eigenvalue weighted by molar-refractivity contribution is 14.1. The highest BCUT2D eigenvalue weighted by atomic mass is 127. The molecule has 43 heavy (non-hydrogen) atoms. The van der Waals surface area contributed by atoms with Gasteiger partial charge < -0.3 is 20.3 Å². The monoisotopic (exact) mass is 692 g/mol. The molecular formula is C34H37IN4O4. The third-order valence-corrected chi connectivity index (χ3v) is 10.6. The van der Waals surface area contributed by atoms with Crippen molar-refractivity contribution in [3.05, 3.63) is 89.0 Å². The summed E-state index contributed by atoms with van der Waals surface area (Å²) >= 11 is 2.36. The number of nitrogens with zero attached hydrogens (tertiary/aromatic N) is 3. The van der Waals surface area contributed by atoms with Gasteiger partial charge in [-0.05, 0) is 97.6 Å². The maximum absolute atomic E-state index is 12.2. The van der Waals surface area contributed by atoms with Gasteiger partial charge in [-0.3, -0.25) is 4.79 Å². The van der Waals surface area contributed by atoms with E-state index in [0.717, 1.165) is 94.6 Å². The molecule has 0 saturated carbocycles. The van der Waals surface area contributed by atoms with E-state index in [2.05, 4.69) is 48.7 Å². The van der Waals surface area contributed by atoms with Crippen LogP contribution < -0.4 is 5.32 Å². The topological polar surface area (TPSA) is 116 Å². The molecule has 3 N–H and O–H groups in total. The van der Waals surface area contributed by atoms with Crippen molar-refractivity contribution in [2.24, 2.45) is 26.8 Å². The number of halogens is 1. The Bertz CT molecular complexity index is 1740. The predicted octanol–water partition coefficient (Wildman–Crippen LogP) is 6.75. The van der Waals surface area contributed by atoms with Gasteiger partial charge in [0.2, 0.25) is 0 Å². The molecule has 0 aromatic rings. The quantitative estimate of drug-likeness (QED) is 0.218. The van der Waals surface area contributed by atoms with E-state index >= 15 is 0 Å². The van der Waals surface area contributed by atoms with Crippen LogP contribution in [0.1, 0.15) is 67.2 Å². The summed E-state index contributed by atoms with van der Waals surface area (Å²) in [5.41, 5.74) is 13.4. The number of hydrogen-bond donors (Lipinski definition) is 3. The predicted molar refractivity (Wildman–Crippen MR) is 178 cm³/mol. The first-order valence-electron chi connectivity index (χ1n) is 14.9. The average Bonchev–Trinajstić information content (AvgIpc) is 3.72. The minimum absolute atomic E-state index is 0.0153. The molecule has 1 fully saturated rings. The summed E-state index contributed by atoms with van der Waals surface area (Å²) in [6.45, 7) is 12.2. The first-order chi connectivity index (χ1) is 20.5. The van der Waals surface area contributed by atoms with Crippen molar-refractivity contribution in [1.82, 2.24) is 5.32 Å². The van der Waals surface area contributed by atoms with Gasteiger partial charge in [-0.15, -0.1) is 0 Å². The van der Waals surface area contributed by atoms with Crippen LogP contribution >= 0.6 is 22.6 Å². The Hall–Kier alpha value is -3.31. The maximum Gasteiger partial charge on any atom is 0.305 e. The van der Waals surface area contributed by atoms with Crippen LogP contribution in [0.25, 0.3) is 0 Å². The first-order valence-corrected chi connectivity index (χ1v) is 15.9. The van der Waals surface area contributed by atoms with E-state index in [4.69, 9.17) is 19.7 Å². The summed E-state index contributed by atoms with van der Waals surface area (Å²) in [5.74, 6) is 0.0856.